The number of benzene rings is 1. The van der Waals surface area contributed by atoms with E-state index in [0.717, 1.165) is 42.5 Å². The van der Waals surface area contributed by atoms with Gasteiger partial charge in [-0.25, -0.2) is 12.7 Å². The molecule has 0 aliphatic carbocycles. The molecule has 8 heteroatoms. The molecule has 3 rings (SSSR count). The van der Waals surface area contributed by atoms with E-state index in [0.29, 0.717) is 5.02 Å². The van der Waals surface area contributed by atoms with Gasteiger partial charge in [-0.15, -0.1) is 0 Å². The molecule has 0 unspecified atom stereocenters. The van der Waals surface area contributed by atoms with E-state index in [1.807, 2.05) is 12.1 Å². The molecule has 2 aromatic rings. The van der Waals surface area contributed by atoms with Crippen LogP contribution in [0.1, 0.15) is 12.8 Å². The van der Waals surface area contributed by atoms with Crippen molar-refractivity contribution < 1.29 is 8.42 Å². The number of sulfonamides is 1. The smallest absolute Gasteiger partial charge is 0.211 e. The van der Waals surface area contributed by atoms with Crippen LogP contribution in [0.4, 0.5) is 5.69 Å². The second-order valence-corrected chi connectivity index (χ2v) is 8.23. The zero-order chi connectivity index (χ0) is 15.9. The van der Waals surface area contributed by atoms with E-state index in [9.17, 15) is 8.42 Å². The lowest BCUT2D eigenvalue weighted by molar-refractivity contribution is 0.314. The Balaban J connectivity index is 1.80. The van der Waals surface area contributed by atoms with Crippen molar-refractivity contribution >= 4 is 38.2 Å². The average molecular weight is 343 g/mol. The summed E-state index contributed by atoms with van der Waals surface area (Å²) in [5.41, 5.74) is 1.97. The molecule has 1 aliphatic rings. The summed E-state index contributed by atoms with van der Waals surface area (Å²) in [6.45, 7) is 1.59. The second-order valence-electron chi connectivity index (χ2n) is 5.75. The van der Waals surface area contributed by atoms with E-state index in [2.05, 4.69) is 15.1 Å². The van der Waals surface area contributed by atoms with Crippen LogP contribution in [0.5, 0.6) is 0 Å². The Bertz CT molecular complexity index is 781. The highest BCUT2D eigenvalue weighted by atomic mass is 35.5. The largest absolute Gasteiger partial charge is 0.371 e. The first-order valence-corrected chi connectivity index (χ1v) is 9.39. The van der Waals surface area contributed by atoms with Crippen LogP contribution in [0.2, 0.25) is 5.02 Å². The molecule has 1 N–H and O–H groups in total. The van der Waals surface area contributed by atoms with Crippen LogP contribution in [0.3, 0.4) is 0 Å². The minimum Gasteiger partial charge on any atom is -0.371 e. The van der Waals surface area contributed by atoms with Crippen LogP contribution in [-0.4, -0.2) is 55.4 Å². The van der Waals surface area contributed by atoms with Crippen molar-refractivity contribution in [1.82, 2.24) is 14.5 Å². The maximum absolute atomic E-state index is 11.6. The third-order valence-corrected chi connectivity index (χ3v) is 5.91. The maximum Gasteiger partial charge on any atom is 0.211 e. The first-order chi connectivity index (χ1) is 10.4. The molecule has 22 heavy (non-hydrogen) atoms. The molecule has 1 saturated heterocycles. The number of hydrogen-bond acceptors (Lipinski definition) is 4. The number of anilines is 1. The molecular formula is C14H19ClN4O2S. The lowest BCUT2D eigenvalue weighted by atomic mass is 10.0. The Labute approximate surface area is 135 Å². The molecule has 1 aromatic heterocycles. The van der Waals surface area contributed by atoms with Crippen LogP contribution >= 0.6 is 11.6 Å². The lowest BCUT2D eigenvalue weighted by Crippen LogP contribution is -2.45. The minimum absolute atomic E-state index is 0.0604. The average Bonchev–Trinajstić information content (AvgIpc) is 2.93. The minimum atomic E-state index is -3.14. The van der Waals surface area contributed by atoms with Gasteiger partial charge in [-0.1, -0.05) is 11.6 Å². The fourth-order valence-corrected chi connectivity index (χ4v) is 3.97. The van der Waals surface area contributed by atoms with Crippen molar-refractivity contribution in [2.24, 2.45) is 0 Å². The molecule has 0 spiro atoms. The Morgan fingerprint density at radius 3 is 2.68 bits per heavy atom. The highest BCUT2D eigenvalue weighted by Crippen LogP contribution is 2.32. The summed E-state index contributed by atoms with van der Waals surface area (Å²) in [4.78, 5) is 2.25. The molecule has 6 nitrogen and oxygen atoms in total. The Morgan fingerprint density at radius 1 is 1.36 bits per heavy atom. The summed E-state index contributed by atoms with van der Waals surface area (Å²) in [6, 6.07) is 3.86. The van der Waals surface area contributed by atoms with Crippen molar-refractivity contribution in [2.45, 2.75) is 18.9 Å². The molecule has 0 amide bonds. The van der Waals surface area contributed by atoms with E-state index in [4.69, 9.17) is 11.6 Å². The molecule has 0 saturated carbocycles. The predicted molar refractivity (Wildman–Crippen MR) is 88.9 cm³/mol. The SMILES string of the molecule is CN(C1CCN(c2cc(Cl)cc3[nH]ncc23)CC1)S(C)(=O)=O. The third-order valence-electron chi connectivity index (χ3n) is 4.34. The zero-order valence-corrected chi connectivity index (χ0v) is 14.2. The summed E-state index contributed by atoms with van der Waals surface area (Å²) in [6.07, 6.45) is 4.66. The normalized spacial score (nSPS) is 17.5. The van der Waals surface area contributed by atoms with Gasteiger partial charge in [0.1, 0.15) is 0 Å². The summed E-state index contributed by atoms with van der Waals surface area (Å²) in [7, 11) is -1.48. The summed E-state index contributed by atoms with van der Waals surface area (Å²) < 4.78 is 24.8. The molecule has 1 aromatic carbocycles. The number of nitrogens with one attached hydrogen (secondary N) is 1. The molecule has 0 radical (unpaired) electrons. The van der Waals surface area contributed by atoms with Crippen molar-refractivity contribution in [3.05, 3.63) is 23.4 Å². The Kier molecular flexibility index (Phi) is 4.05. The fourth-order valence-electron chi connectivity index (χ4n) is 3.00. The van der Waals surface area contributed by atoms with Crippen molar-refractivity contribution in [3.63, 3.8) is 0 Å². The monoisotopic (exact) mass is 342 g/mol. The van der Waals surface area contributed by atoms with Gasteiger partial charge in [-0.2, -0.15) is 5.10 Å². The topological polar surface area (TPSA) is 69.3 Å². The quantitative estimate of drug-likeness (QED) is 0.927. The van der Waals surface area contributed by atoms with Crippen LogP contribution in [0, 0.1) is 0 Å². The Morgan fingerprint density at radius 2 is 2.05 bits per heavy atom. The lowest BCUT2D eigenvalue weighted by Gasteiger charge is -2.37. The van der Waals surface area contributed by atoms with E-state index < -0.39 is 10.0 Å². The number of hydrogen-bond donors (Lipinski definition) is 1. The van der Waals surface area contributed by atoms with Gasteiger partial charge >= 0.3 is 0 Å². The predicted octanol–water partition coefficient (Wildman–Crippen LogP) is 2.08. The summed E-state index contributed by atoms with van der Waals surface area (Å²) >= 11 is 6.18. The summed E-state index contributed by atoms with van der Waals surface area (Å²) in [5.74, 6) is 0. The van der Waals surface area contributed by atoms with E-state index in [1.165, 1.54) is 10.6 Å². The van der Waals surface area contributed by atoms with Gasteiger partial charge in [-0.3, -0.25) is 5.10 Å². The molecule has 1 fully saturated rings. The highest BCUT2D eigenvalue weighted by molar-refractivity contribution is 7.88. The highest BCUT2D eigenvalue weighted by Gasteiger charge is 2.28. The van der Waals surface area contributed by atoms with Crippen LogP contribution in [-0.2, 0) is 10.0 Å². The van der Waals surface area contributed by atoms with Crippen molar-refractivity contribution in [1.29, 1.82) is 0 Å². The van der Waals surface area contributed by atoms with Crippen molar-refractivity contribution in [2.75, 3.05) is 31.3 Å². The van der Waals surface area contributed by atoms with E-state index >= 15 is 0 Å². The molecular weight excluding hydrogens is 324 g/mol. The Hall–Kier alpha value is -1.31. The van der Waals surface area contributed by atoms with Gasteiger partial charge in [0, 0.05) is 42.3 Å². The van der Waals surface area contributed by atoms with Crippen LogP contribution < -0.4 is 4.90 Å². The number of H-pyrrole nitrogens is 1. The van der Waals surface area contributed by atoms with Gasteiger partial charge in [0.25, 0.3) is 0 Å². The second kappa shape index (κ2) is 5.72. The number of rotatable bonds is 3. The number of aromatic amines is 1. The number of fused-ring (bicyclic) bond motifs is 1. The molecule has 1 aliphatic heterocycles. The number of piperidine rings is 1. The van der Waals surface area contributed by atoms with Gasteiger partial charge in [-0.05, 0) is 25.0 Å². The van der Waals surface area contributed by atoms with Crippen LogP contribution in [0.15, 0.2) is 18.3 Å². The fraction of sp³-hybridized carbons (Fsp3) is 0.500. The molecule has 0 bridgehead atoms. The number of aromatic nitrogens is 2. The number of halogens is 1. The van der Waals surface area contributed by atoms with E-state index in [-0.39, 0.29) is 6.04 Å². The number of nitrogens with zero attached hydrogens (tertiary/aromatic N) is 3. The maximum atomic E-state index is 11.6. The van der Waals surface area contributed by atoms with Gasteiger partial charge < -0.3 is 4.90 Å². The van der Waals surface area contributed by atoms with Gasteiger partial charge in [0.2, 0.25) is 10.0 Å². The van der Waals surface area contributed by atoms with Crippen LogP contribution in [0.25, 0.3) is 10.9 Å². The van der Waals surface area contributed by atoms with Crippen molar-refractivity contribution in [3.8, 4) is 0 Å². The standard InChI is InChI=1S/C14H19ClN4O2S/c1-18(22(2,20)21)11-3-5-19(6-4-11)14-8-10(15)7-13-12(14)9-16-17-13/h7-9,11H,3-6H2,1-2H3,(H,16,17). The zero-order valence-electron chi connectivity index (χ0n) is 12.6. The first-order valence-electron chi connectivity index (χ1n) is 7.17. The third kappa shape index (κ3) is 2.93. The molecule has 0 atom stereocenters. The molecule has 2 heterocycles. The van der Waals surface area contributed by atoms with Gasteiger partial charge in [0.05, 0.1) is 18.0 Å². The first kappa shape index (κ1) is 15.6. The molecule has 120 valence electrons. The summed E-state index contributed by atoms with van der Waals surface area (Å²) in [5, 5.41) is 8.72. The van der Waals surface area contributed by atoms with E-state index in [1.54, 1.807) is 13.2 Å². The van der Waals surface area contributed by atoms with Gasteiger partial charge in [0.15, 0.2) is 0 Å².